The summed E-state index contributed by atoms with van der Waals surface area (Å²) in [5.41, 5.74) is 2.12. The number of ether oxygens (including phenoxy) is 1. The molecule has 1 aliphatic heterocycles. The first-order valence-corrected chi connectivity index (χ1v) is 12.8. The largest absolute Gasteiger partial charge is 0.443 e. The topological polar surface area (TPSA) is 132 Å². The third-order valence-electron chi connectivity index (χ3n) is 6.47. The zero-order valence-electron chi connectivity index (χ0n) is 23.6. The van der Waals surface area contributed by atoms with Gasteiger partial charge in [-0.1, -0.05) is 6.92 Å². The van der Waals surface area contributed by atoms with Crippen LogP contribution in [0.25, 0.3) is 11.3 Å². The molecule has 2 aromatic heterocycles. The molecular formula is C28H36N8O3. The van der Waals surface area contributed by atoms with E-state index in [0.717, 1.165) is 18.1 Å². The van der Waals surface area contributed by atoms with E-state index in [1.807, 2.05) is 44.8 Å². The van der Waals surface area contributed by atoms with E-state index in [1.54, 1.807) is 39.1 Å². The molecule has 206 valence electrons. The van der Waals surface area contributed by atoms with E-state index in [1.165, 1.54) is 4.90 Å². The van der Waals surface area contributed by atoms with Crippen LogP contribution in [0, 0.1) is 18.3 Å². The lowest BCUT2D eigenvalue weighted by molar-refractivity contribution is 0.0575. The number of amides is 1. The van der Waals surface area contributed by atoms with Gasteiger partial charge < -0.3 is 20.1 Å². The Labute approximate surface area is 229 Å². The molecule has 11 nitrogen and oxygen atoms in total. The van der Waals surface area contributed by atoms with Gasteiger partial charge in [0.15, 0.2) is 0 Å². The van der Waals surface area contributed by atoms with Crippen LogP contribution in [0.2, 0.25) is 0 Å². The zero-order chi connectivity index (χ0) is 28.5. The number of hydrogen-bond donors (Lipinski definition) is 2. The summed E-state index contributed by atoms with van der Waals surface area (Å²) in [4.78, 5) is 25.7. The number of aliphatic hydroxyl groups excluding tert-OH is 1. The lowest BCUT2D eigenvalue weighted by Crippen LogP contribution is -2.40. The van der Waals surface area contributed by atoms with Crippen LogP contribution < -0.4 is 10.2 Å². The van der Waals surface area contributed by atoms with Crippen LogP contribution in [0.15, 0.2) is 30.5 Å². The number of hydrogen-bond acceptors (Lipinski definition) is 9. The highest BCUT2D eigenvalue weighted by Gasteiger charge is 2.44. The number of aliphatic hydroxyl groups is 1. The van der Waals surface area contributed by atoms with Crippen molar-refractivity contribution in [2.45, 2.75) is 52.2 Å². The lowest BCUT2D eigenvalue weighted by Gasteiger charge is -2.26. The van der Waals surface area contributed by atoms with Crippen molar-refractivity contribution in [3.8, 4) is 17.3 Å². The number of aryl methyl sites for hydroxylation is 1. The number of nitriles is 1. The quantitative estimate of drug-likeness (QED) is 0.466. The number of nitrogens with zero attached hydrogens (tertiary/aromatic N) is 7. The molecule has 1 unspecified atom stereocenters. The summed E-state index contributed by atoms with van der Waals surface area (Å²) in [5, 5.41) is 28.2. The maximum atomic E-state index is 13.1. The number of carbonyl (C=O) groups is 1. The molecule has 0 aliphatic carbocycles. The smallest absolute Gasteiger partial charge is 0.414 e. The Morgan fingerprint density at radius 2 is 2.05 bits per heavy atom. The average molecular weight is 533 g/mol. The Kier molecular flexibility index (Phi) is 7.63. The minimum absolute atomic E-state index is 0.193. The predicted octanol–water partition coefficient (Wildman–Crippen LogP) is 3.83. The summed E-state index contributed by atoms with van der Waals surface area (Å²) in [6.07, 6.45) is 1.09. The first-order valence-electron chi connectivity index (χ1n) is 12.8. The van der Waals surface area contributed by atoms with Gasteiger partial charge in [0.25, 0.3) is 0 Å². The average Bonchev–Trinajstić information content (AvgIpc) is 3.38. The van der Waals surface area contributed by atoms with Gasteiger partial charge in [-0.2, -0.15) is 10.4 Å². The molecule has 1 aliphatic rings. The minimum Gasteiger partial charge on any atom is -0.443 e. The Morgan fingerprint density at radius 3 is 2.69 bits per heavy atom. The zero-order valence-corrected chi connectivity index (χ0v) is 23.6. The fraction of sp³-hybridized carbons (Fsp3) is 0.464. The van der Waals surface area contributed by atoms with Crippen molar-refractivity contribution in [1.82, 2.24) is 24.6 Å². The Morgan fingerprint density at radius 1 is 1.31 bits per heavy atom. The number of benzene rings is 1. The monoisotopic (exact) mass is 532 g/mol. The molecule has 1 aromatic carbocycles. The number of nitrogens with one attached hydrogen (secondary N) is 1. The van der Waals surface area contributed by atoms with Crippen molar-refractivity contribution in [3.63, 3.8) is 0 Å². The van der Waals surface area contributed by atoms with E-state index >= 15 is 0 Å². The number of carbonyl (C=O) groups excluding carboxylic acids is 1. The molecule has 0 bridgehead atoms. The van der Waals surface area contributed by atoms with Crippen LogP contribution in [0.4, 0.5) is 22.2 Å². The van der Waals surface area contributed by atoms with E-state index < -0.39 is 17.1 Å². The Bertz CT molecular complexity index is 1420. The van der Waals surface area contributed by atoms with Crippen LogP contribution in [-0.2, 0) is 16.7 Å². The fourth-order valence-electron chi connectivity index (χ4n) is 4.55. The Hall–Kier alpha value is -4.01. The van der Waals surface area contributed by atoms with Crippen molar-refractivity contribution in [3.05, 3.63) is 47.3 Å². The summed E-state index contributed by atoms with van der Waals surface area (Å²) < 4.78 is 7.48. The van der Waals surface area contributed by atoms with E-state index in [0.29, 0.717) is 40.6 Å². The molecule has 3 aromatic rings. The molecule has 0 saturated carbocycles. The fourth-order valence-corrected chi connectivity index (χ4v) is 4.55. The summed E-state index contributed by atoms with van der Waals surface area (Å²) in [7, 11) is 4.02. The molecule has 0 spiro atoms. The molecule has 2 N–H and O–H groups in total. The molecule has 3 heterocycles. The maximum Gasteiger partial charge on any atom is 0.414 e. The van der Waals surface area contributed by atoms with Gasteiger partial charge in [-0.05, 0) is 65.6 Å². The third-order valence-corrected chi connectivity index (χ3v) is 6.47. The normalized spacial score (nSPS) is 16.8. The highest BCUT2D eigenvalue weighted by Crippen LogP contribution is 2.45. The van der Waals surface area contributed by atoms with Gasteiger partial charge in [0.2, 0.25) is 5.95 Å². The second-order valence-electron chi connectivity index (χ2n) is 11.4. The van der Waals surface area contributed by atoms with Crippen LogP contribution >= 0.6 is 0 Å². The highest BCUT2D eigenvalue weighted by molar-refractivity contribution is 5.95. The number of aromatic nitrogens is 4. The minimum atomic E-state index is -0.779. The van der Waals surface area contributed by atoms with Crippen LogP contribution in [0.1, 0.15) is 44.5 Å². The van der Waals surface area contributed by atoms with Crippen LogP contribution in [-0.4, -0.2) is 75.2 Å². The molecule has 11 heteroatoms. The molecule has 39 heavy (non-hydrogen) atoms. The number of rotatable bonds is 7. The predicted molar refractivity (Wildman–Crippen MR) is 149 cm³/mol. The summed E-state index contributed by atoms with van der Waals surface area (Å²) in [6.45, 7) is 10.7. The van der Waals surface area contributed by atoms with E-state index in [4.69, 9.17) is 9.72 Å². The van der Waals surface area contributed by atoms with Gasteiger partial charge in [0.1, 0.15) is 17.5 Å². The first kappa shape index (κ1) is 28.0. The number of anilines is 3. The second-order valence-corrected chi connectivity index (χ2v) is 11.4. The van der Waals surface area contributed by atoms with Crippen molar-refractivity contribution in [1.29, 1.82) is 5.26 Å². The summed E-state index contributed by atoms with van der Waals surface area (Å²) >= 11 is 0. The molecular weight excluding hydrogens is 496 g/mol. The number of likely N-dealkylation sites (N-methyl/N-ethyl adjacent to an activating group) is 1. The molecule has 0 saturated heterocycles. The van der Waals surface area contributed by atoms with E-state index in [9.17, 15) is 15.2 Å². The van der Waals surface area contributed by atoms with Crippen molar-refractivity contribution >= 4 is 23.5 Å². The molecule has 4 rings (SSSR count). The SMILES string of the molecule is Cc1cc(Nc2nccc(-c3cc(C#N)c4c(c3)C(C)(CO)CN4C(=O)OC(C)(C)C)n2)n(CCN(C)C)n1. The van der Waals surface area contributed by atoms with Gasteiger partial charge in [0, 0.05) is 36.3 Å². The van der Waals surface area contributed by atoms with Gasteiger partial charge in [0.05, 0.1) is 35.8 Å². The second kappa shape index (κ2) is 10.6. The van der Waals surface area contributed by atoms with Crippen molar-refractivity contribution < 1.29 is 14.6 Å². The molecule has 1 amide bonds. The maximum absolute atomic E-state index is 13.1. The first-order chi connectivity index (χ1) is 18.3. The third kappa shape index (κ3) is 6.02. The lowest BCUT2D eigenvalue weighted by atomic mass is 9.83. The van der Waals surface area contributed by atoms with Gasteiger partial charge >= 0.3 is 6.09 Å². The number of fused-ring (bicyclic) bond motifs is 1. The highest BCUT2D eigenvalue weighted by atomic mass is 16.6. The summed E-state index contributed by atoms with van der Waals surface area (Å²) in [6, 6.07) is 9.52. The van der Waals surface area contributed by atoms with Crippen molar-refractivity contribution in [2.24, 2.45) is 0 Å². The van der Waals surface area contributed by atoms with Crippen molar-refractivity contribution in [2.75, 3.05) is 44.0 Å². The molecule has 0 radical (unpaired) electrons. The van der Waals surface area contributed by atoms with Crippen LogP contribution in [0.3, 0.4) is 0 Å². The Balaban J connectivity index is 1.71. The van der Waals surface area contributed by atoms with Gasteiger partial charge in [-0.25, -0.2) is 19.4 Å². The standard InChI is InChI=1S/C28H36N8O3/c1-18-12-23(36(33-18)11-10-34(6)7)32-25-30-9-8-22(31-25)19-13-20(15-29)24-21(14-19)28(5,17-37)16-35(24)26(38)39-27(2,3)4/h8-9,12-14,37H,10-11,16-17H2,1-7H3,(H,30,31,32). The summed E-state index contributed by atoms with van der Waals surface area (Å²) in [5.74, 6) is 1.16. The van der Waals surface area contributed by atoms with Gasteiger partial charge in [-0.15, -0.1) is 0 Å². The van der Waals surface area contributed by atoms with E-state index in [2.05, 4.69) is 26.4 Å². The van der Waals surface area contributed by atoms with Crippen LogP contribution in [0.5, 0.6) is 0 Å². The van der Waals surface area contributed by atoms with E-state index in [-0.39, 0.29) is 13.2 Å². The molecule has 1 atom stereocenters. The molecule has 0 fully saturated rings. The van der Waals surface area contributed by atoms with Gasteiger partial charge in [-0.3, -0.25) is 4.90 Å².